The average Bonchev–Trinajstić information content (AvgIpc) is 2.62. The normalized spacial score (nSPS) is 11.8. The summed E-state index contributed by atoms with van der Waals surface area (Å²) in [6.45, 7) is 11.0. The van der Waals surface area contributed by atoms with E-state index in [0.29, 0.717) is 11.0 Å². The Balaban J connectivity index is 2.33. The van der Waals surface area contributed by atoms with Crippen LogP contribution in [0.2, 0.25) is 0 Å². The van der Waals surface area contributed by atoms with Crippen molar-refractivity contribution in [3.8, 4) is 5.75 Å². The summed E-state index contributed by atoms with van der Waals surface area (Å²) in [5, 5.41) is 0.517. The molecule has 27 heavy (non-hydrogen) atoms. The van der Waals surface area contributed by atoms with Crippen molar-refractivity contribution >= 4 is 21.1 Å². The van der Waals surface area contributed by atoms with Crippen LogP contribution in [0.5, 0.6) is 5.75 Å². The maximum Gasteiger partial charge on any atom is 0.343 e. The summed E-state index contributed by atoms with van der Waals surface area (Å²) in [7, 11) is -4.09. The van der Waals surface area contributed by atoms with Gasteiger partial charge in [0.15, 0.2) is 5.75 Å². The maximum atomic E-state index is 12.8. The molecule has 142 valence electrons. The van der Waals surface area contributed by atoms with Crippen LogP contribution in [0.15, 0.2) is 38.4 Å². The second kappa shape index (κ2) is 6.53. The Hall–Kier alpha value is -2.60. The van der Waals surface area contributed by atoms with Gasteiger partial charge in [-0.25, -0.2) is 4.79 Å². The fourth-order valence-corrected chi connectivity index (χ4v) is 4.09. The third kappa shape index (κ3) is 3.14. The van der Waals surface area contributed by atoms with Gasteiger partial charge in [0, 0.05) is 0 Å². The summed E-state index contributed by atoms with van der Waals surface area (Å²) in [6.07, 6.45) is 0. The number of aryl methyl sites for hydroxylation is 3. The molecule has 1 heterocycles. The van der Waals surface area contributed by atoms with Gasteiger partial charge in [-0.3, -0.25) is 0 Å². The van der Waals surface area contributed by atoms with E-state index < -0.39 is 15.7 Å². The van der Waals surface area contributed by atoms with Crippen molar-refractivity contribution in [2.24, 2.45) is 0 Å². The lowest BCUT2D eigenvalue weighted by atomic mass is 9.94. The fourth-order valence-electron chi connectivity index (χ4n) is 3.10. The minimum Gasteiger partial charge on any atom is -0.422 e. The quantitative estimate of drug-likeness (QED) is 0.492. The molecule has 0 N–H and O–H groups in total. The first-order valence-corrected chi connectivity index (χ1v) is 10.0. The Bertz CT molecular complexity index is 1220. The smallest absolute Gasteiger partial charge is 0.343 e. The molecule has 0 bridgehead atoms. The van der Waals surface area contributed by atoms with E-state index in [4.69, 9.17) is 8.60 Å². The van der Waals surface area contributed by atoms with Crippen LogP contribution < -0.4 is 9.81 Å². The van der Waals surface area contributed by atoms with Crippen molar-refractivity contribution in [2.75, 3.05) is 0 Å². The molecule has 0 saturated heterocycles. The lowest BCUT2D eigenvalue weighted by Gasteiger charge is -2.17. The highest BCUT2D eigenvalue weighted by molar-refractivity contribution is 7.87. The third-order valence-corrected chi connectivity index (χ3v) is 6.44. The van der Waals surface area contributed by atoms with Crippen LogP contribution in [-0.2, 0) is 10.1 Å². The van der Waals surface area contributed by atoms with Gasteiger partial charge >= 0.3 is 15.7 Å². The number of fused-ring (bicyclic) bond motifs is 1. The molecular weight excluding hydrogens is 364 g/mol. The first-order valence-electron chi connectivity index (χ1n) is 8.59. The summed E-state index contributed by atoms with van der Waals surface area (Å²) in [5.41, 5.74) is 4.45. The molecule has 0 spiro atoms. The van der Waals surface area contributed by atoms with Gasteiger partial charge in [-0.2, -0.15) is 8.42 Å². The minimum absolute atomic E-state index is 0.0329. The van der Waals surface area contributed by atoms with Crippen molar-refractivity contribution in [1.29, 1.82) is 0 Å². The molecule has 0 fully saturated rings. The highest BCUT2D eigenvalue weighted by Crippen LogP contribution is 2.37. The Kier molecular flexibility index (Phi) is 4.64. The number of hydrogen-bond acceptors (Lipinski definition) is 5. The van der Waals surface area contributed by atoms with Crippen molar-refractivity contribution in [2.45, 2.75) is 46.4 Å². The van der Waals surface area contributed by atoms with Crippen LogP contribution in [0.1, 0.15) is 33.4 Å². The molecule has 3 aromatic rings. The molecule has 0 atom stereocenters. The minimum atomic E-state index is -4.09. The predicted octanol–water partition coefficient (Wildman–Crippen LogP) is 4.41. The van der Waals surface area contributed by atoms with E-state index in [0.717, 1.165) is 27.8 Å². The molecule has 0 aliphatic heterocycles. The molecule has 3 rings (SSSR count). The Morgan fingerprint density at radius 2 is 1.33 bits per heavy atom. The van der Waals surface area contributed by atoms with E-state index in [1.54, 1.807) is 12.1 Å². The zero-order valence-corrected chi connectivity index (χ0v) is 17.1. The average molecular weight is 386 g/mol. The van der Waals surface area contributed by atoms with Gasteiger partial charge in [0.05, 0.1) is 10.9 Å². The van der Waals surface area contributed by atoms with Crippen LogP contribution in [-0.4, -0.2) is 8.42 Å². The summed E-state index contributed by atoms with van der Waals surface area (Å²) in [4.78, 5) is 12.4. The van der Waals surface area contributed by atoms with Gasteiger partial charge in [-0.15, -0.1) is 0 Å². The second-order valence-corrected chi connectivity index (χ2v) is 8.44. The summed E-state index contributed by atoms with van der Waals surface area (Å²) < 4.78 is 36.6. The van der Waals surface area contributed by atoms with E-state index in [1.807, 2.05) is 34.6 Å². The van der Waals surface area contributed by atoms with Crippen LogP contribution >= 0.6 is 0 Å². The first-order chi connectivity index (χ1) is 12.5. The van der Waals surface area contributed by atoms with Crippen LogP contribution in [0.4, 0.5) is 0 Å². The SMILES string of the molecule is Cc1ccc(S(=O)(=O)Oc2c(C)c(=O)oc3c(C)c(C)c(C)c(C)c23)cc1. The van der Waals surface area contributed by atoms with E-state index in [9.17, 15) is 13.2 Å². The van der Waals surface area contributed by atoms with Gasteiger partial charge in [-0.1, -0.05) is 17.7 Å². The highest BCUT2D eigenvalue weighted by atomic mass is 32.2. The molecule has 6 heteroatoms. The number of rotatable bonds is 3. The van der Waals surface area contributed by atoms with Gasteiger partial charge in [0.2, 0.25) is 0 Å². The lowest BCUT2D eigenvalue weighted by molar-refractivity contribution is 0.477. The Morgan fingerprint density at radius 3 is 1.93 bits per heavy atom. The predicted molar refractivity (Wildman–Crippen MR) is 105 cm³/mol. The van der Waals surface area contributed by atoms with Crippen molar-refractivity contribution in [3.05, 3.63) is 68.1 Å². The maximum absolute atomic E-state index is 12.8. The molecule has 0 amide bonds. The van der Waals surface area contributed by atoms with Crippen LogP contribution in [0.25, 0.3) is 11.0 Å². The molecular formula is C21H22O5S. The number of hydrogen-bond donors (Lipinski definition) is 0. The molecule has 5 nitrogen and oxygen atoms in total. The van der Waals surface area contributed by atoms with Gasteiger partial charge in [0.1, 0.15) is 10.5 Å². The first kappa shape index (κ1) is 19.2. The molecule has 0 aliphatic rings. The van der Waals surface area contributed by atoms with E-state index in [2.05, 4.69) is 0 Å². The standard InChI is InChI=1S/C21H22O5S/c1-11-7-9-17(10-8-11)27(23,24)26-20-16(6)21(22)25-19-15(5)13(3)12(2)14(4)18(19)20/h7-10H,1-6H3. The fraction of sp³-hybridized carbons (Fsp3) is 0.286. The topological polar surface area (TPSA) is 73.6 Å². The summed E-state index contributed by atoms with van der Waals surface area (Å²) in [5.74, 6) is 0.0329. The van der Waals surface area contributed by atoms with E-state index in [1.165, 1.54) is 19.1 Å². The molecule has 0 radical (unpaired) electrons. The van der Waals surface area contributed by atoms with Crippen LogP contribution in [0, 0.1) is 41.5 Å². The molecule has 0 unspecified atom stereocenters. The Morgan fingerprint density at radius 1 is 0.778 bits per heavy atom. The zero-order chi connectivity index (χ0) is 20.1. The largest absolute Gasteiger partial charge is 0.422 e. The molecule has 0 saturated carbocycles. The summed E-state index contributed by atoms with van der Waals surface area (Å²) in [6, 6.07) is 6.37. The van der Waals surface area contributed by atoms with Gasteiger partial charge in [0.25, 0.3) is 0 Å². The molecule has 1 aromatic heterocycles. The lowest BCUT2D eigenvalue weighted by Crippen LogP contribution is -2.15. The van der Waals surface area contributed by atoms with Gasteiger partial charge in [-0.05, 0) is 75.9 Å². The summed E-state index contributed by atoms with van der Waals surface area (Å²) >= 11 is 0. The molecule has 0 aliphatic carbocycles. The Labute approximate surface area is 158 Å². The monoisotopic (exact) mass is 386 g/mol. The van der Waals surface area contributed by atoms with Crippen LogP contribution in [0.3, 0.4) is 0 Å². The van der Waals surface area contributed by atoms with E-state index in [-0.39, 0.29) is 16.2 Å². The highest BCUT2D eigenvalue weighted by Gasteiger charge is 2.25. The van der Waals surface area contributed by atoms with E-state index >= 15 is 0 Å². The molecule has 2 aromatic carbocycles. The second-order valence-electron chi connectivity index (χ2n) is 6.90. The van der Waals surface area contributed by atoms with Crippen molar-refractivity contribution in [1.82, 2.24) is 0 Å². The zero-order valence-electron chi connectivity index (χ0n) is 16.3. The third-order valence-electron chi connectivity index (χ3n) is 5.20. The number of benzene rings is 2. The van der Waals surface area contributed by atoms with Gasteiger partial charge < -0.3 is 8.60 Å². The van der Waals surface area contributed by atoms with Crippen molar-refractivity contribution in [3.63, 3.8) is 0 Å². The van der Waals surface area contributed by atoms with Crippen molar-refractivity contribution < 1.29 is 17.0 Å².